The van der Waals surface area contributed by atoms with Crippen molar-refractivity contribution in [1.82, 2.24) is 0 Å². The summed E-state index contributed by atoms with van der Waals surface area (Å²) in [4.78, 5) is 0. The summed E-state index contributed by atoms with van der Waals surface area (Å²) >= 11 is 0. The third-order valence-corrected chi connectivity index (χ3v) is 4.53. The molecule has 1 saturated carbocycles. The average Bonchev–Trinajstić information content (AvgIpc) is 2.66. The van der Waals surface area contributed by atoms with E-state index in [-0.39, 0.29) is 18.3 Å². The lowest BCUT2D eigenvalue weighted by molar-refractivity contribution is -0.0422. The first-order valence-corrected chi connectivity index (χ1v) is 8.37. The summed E-state index contributed by atoms with van der Waals surface area (Å²) in [5.41, 5.74) is 1.54. The Morgan fingerprint density at radius 3 is 2.60 bits per heavy atom. The number of aliphatic hydroxyl groups excluding tert-OH is 1. The lowest BCUT2D eigenvalue weighted by Crippen LogP contribution is -2.28. The standard InChI is InChI=1S/C18H34O2/c1-6-12-18(4,5)13-8-7-9-15(3)20-17-14(2)10-11-16(17)19/h15-17,19H,2,6-13H2,1,3-5H3/t15?,16-,17?/m0/s1. The Kier molecular flexibility index (Phi) is 7.25. The average molecular weight is 282 g/mol. The van der Waals surface area contributed by atoms with Gasteiger partial charge in [-0.1, -0.05) is 46.6 Å². The topological polar surface area (TPSA) is 29.5 Å². The van der Waals surface area contributed by atoms with Crippen LogP contribution in [0.1, 0.15) is 79.1 Å². The monoisotopic (exact) mass is 282 g/mol. The number of hydrogen-bond donors (Lipinski definition) is 1. The molecule has 0 radical (unpaired) electrons. The van der Waals surface area contributed by atoms with Gasteiger partial charge in [0.1, 0.15) is 6.10 Å². The SMILES string of the molecule is C=C1CC[C@H](O)C1OC(C)CCCCC(C)(C)CCC. The van der Waals surface area contributed by atoms with Gasteiger partial charge >= 0.3 is 0 Å². The van der Waals surface area contributed by atoms with Gasteiger partial charge in [-0.3, -0.25) is 0 Å². The van der Waals surface area contributed by atoms with Gasteiger partial charge in [-0.05, 0) is 50.0 Å². The molecule has 2 nitrogen and oxygen atoms in total. The van der Waals surface area contributed by atoms with E-state index in [0.717, 1.165) is 24.8 Å². The molecule has 1 aliphatic rings. The Labute approximate surface area is 125 Å². The smallest absolute Gasteiger partial charge is 0.104 e. The van der Waals surface area contributed by atoms with Gasteiger partial charge in [-0.25, -0.2) is 0 Å². The quantitative estimate of drug-likeness (QED) is 0.483. The molecule has 1 fully saturated rings. The van der Waals surface area contributed by atoms with Crippen molar-refractivity contribution in [3.8, 4) is 0 Å². The lowest BCUT2D eigenvalue weighted by Gasteiger charge is -2.25. The molecule has 0 amide bonds. The van der Waals surface area contributed by atoms with Gasteiger partial charge in [0, 0.05) is 0 Å². The van der Waals surface area contributed by atoms with Gasteiger partial charge < -0.3 is 9.84 Å². The highest BCUT2D eigenvalue weighted by atomic mass is 16.5. The lowest BCUT2D eigenvalue weighted by atomic mass is 9.83. The van der Waals surface area contributed by atoms with Crippen molar-refractivity contribution in [3.05, 3.63) is 12.2 Å². The van der Waals surface area contributed by atoms with Crippen molar-refractivity contribution in [2.24, 2.45) is 5.41 Å². The van der Waals surface area contributed by atoms with Gasteiger partial charge in [-0.2, -0.15) is 0 Å². The van der Waals surface area contributed by atoms with E-state index in [0.29, 0.717) is 5.41 Å². The van der Waals surface area contributed by atoms with Crippen molar-refractivity contribution in [1.29, 1.82) is 0 Å². The number of rotatable bonds is 9. The molecule has 1 N–H and O–H groups in total. The summed E-state index contributed by atoms with van der Waals surface area (Å²) in [7, 11) is 0. The zero-order valence-corrected chi connectivity index (χ0v) is 14.0. The fourth-order valence-corrected chi connectivity index (χ4v) is 3.24. The third kappa shape index (κ3) is 5.97. The first-order chi connectivity index (χ1) is 9.35. The van der Waals surface area contributed by atoms with Crippen LogP contribution in [-0.4, -0.2) is 23.4 Å². The summed E-state index contributed by atoms with van der Waals surface area (Å²) in [5, 5.41) is 9.86. The van der Waals surface area contributed by atoms with Crippen molar-refractivity contribution in [3.63, 3.8) is 0 Å². The van der Waals surface area contributed by atoms with Crippen LogP contribution in [0.2, 0.25) is 0 Å². The van der Waals surface area contributed by atoms with Crippen LogP contribution in [0.4, 0.5) is 0 Å². The Bertz CT molecular complexity index is 296. The van der Waals surface area contributed by atoms with E-state index in [2.05, 4.69) is 34.3 Å². The maximum Gasteiger partial charge on any atom is 0.104 e. The molecule has 20 heavy (non-hydrogen) atoms. The second-order valence-electron chi connectivity index (χ2n) is 7.29. The van der Waals surface area contributed by atoms with Crippen LogP contribution in [0.25, 0.3) is 0 Å². The Balaban J connectivity index is 2.17. The molecule has 2 unspecified atom stereocenters. The molecule has 0 spiro atoms. The Morgan fingerprint density at radius 1 is 1.35 bits per heavy atom. The molecule has 0 bridgehead atoms. The molecule has 1 aliphatic carbocycles. The fourth-order valence-electron chi connectivity index (χ4n) is 3.24. The fraction of sp³-hybridized carbons (Fsp3) is 0.889. The second kappa shape index (κ2) is 8.19. The molecule has 1 rings (SSSR count). The van der Waals surface area contributed by atoms with E-state index >= 15 is 0 Å². The van der Waals surface area contributed by atoms with Gasteiger partial charge in [0.2, 0.25) is 0 Å². The molecule has 0 aliphatic heterocycles. The minimum atomic E-state index is -0.339. The number of ether oxygens (including phenoxy) is 1. The van der Waals surface area contributed by atoms with Crippen LogP contribution < -0.4 is 0 Å². The molecule has 0 aromatic carbocycles. The Hall–Kier alpha value is -0.340. The predicted molar refractivity (Wildman–Crippen MR) is 85.9 cm³/mol. The molecule has 0 saturated heterocycles. The molecule has 0 aromatic rings. The maximum absolute atomic E-state index is 9.86. The van der Waals surface area contributed by atoms with Crippen LogP contribution in [0.5, 0.6) is 0 Å². The van der Waals surface area contributed by atoms with E-state index < -0.39 is 0 Å². The molecular weight excluding hydrogens is 248 g/mol. The normalized spacial score (nSPS) is 25.1. The molecule has 0 aromatic heterocycles. The van der Waals surface area contributed by atoms with E-state index in [1.54, 1.807) is 0 Å². The van der Waals surface area contributed by atoms with E-state index in [4.69, 9.17) is 4.74 Å². The number of aliphatic hydroxyl groups is 1. The van der Waals surface area contributed by atoms with Crippen LogP contribution in [0.15, 0.2) is 12.2 Å². The minimum absolute atomic E-state index is 0.124. The zero-order valence-electron chi connectivity index (χ0n) is 14.0. The molecule has 118 valence electrons. The summed E-state index contributed by atoms with van der Waals surface area (Å²) in [6.07, 6.45) is 8.92. The highest BCUT2D eigenvalue weighted by Crippen LogP contribution is 2.30. The molecular formula is C18H34O2. The van der Waals surface area contributed by atoms with E-state index in [9.17, 15) is 5.11 Å². The van der Waals surface area contributed by atoms with E-state index in [1.165, 1.54) is 32.1 Å². The first kappa shape index (κ1) is 17.7. The zero-order chi connectivity index (χ0) is 15.2. The minimum Gasteiger partial charge on any atom is -0.390 e. The van der Waals surface area contributed by atoms with Crippen LogP contribution >= 0.6 is 0 Å². The van der Waals surface area contributed by atoms with Gasteiger partial charge in [0.25, 0.3) is 0 Å². The van der Waals surface area contributed by atoms with Crippen LogP contribution in [0, 0.1) is 5.41 Å². The van der Waals surface area contributed by atoms with Crippen LogP contribution in [-0.2, 0) is 4.74 Å². The largest absolute Gasteiger partial charge is 0.390 e. The van der Waals surface area contributed by atoms with Crippen LogP contribution in [0.3, 0.4) is 0 Å². The summed E-state index contributed by atoms with van der Waals surface area (Å²) in [6.45, 7) is 13.1. The highest BCUT2D eigenvalue weighted by Gasteiger charge is 2.30. The highest BCUT2D eigenvalue weighted by molar-refractivity contribution is 5.11. The predicted octanol–water partition coefficient (Wildman–Crippen LogP) is 4.86. The third-order valence-electron chi connectivity index (χ3n) is 4.53. The van der Waals surface area contributed by atoms with Crippen molar-refractivity contribution < 1.29 is 9.84 Å². The summed E-state index contributed by atoms with van der Waals surface area (Å²) in [6, 6.07) is 0. The number of unbranched alkanes of at least 4 members (excludes halogenated alkanes) is 1. The summed E-state index contributed by atoms with van der Waals surface area (Å²) in [5.74, 6) is 0. The molecule has 0 heterocycles. The van der Waals surface area contributed by atoms with Gasteiger partial charge in [-0.15, -0.1) is 0 Å². The van der Waals surface area contributed by atoms with Crippen molar-refractivity contribution >= 4 is 0 Å². The molecule has 3 atom stereocenters. The summed E-state index contributed by atoms with van der Waals surface area (Å²) < 4.78 is 5.97. The van der Waals surface area contributed by atoms with Gasteiger partial charge in [0.05, 0.1) is 12.2 Å². The first-order valence-electron chi connectivity index (χ1n) is 8.37. The maximum atomic E-state index is 9.86. The Morgan fingerprint density at radius 2 is 2.05 bits per heavy atom. The van der Waals surface area contributed by atoms with Crippen molar-refractivity contribution in [2.75, 3.05) is 0 Å². The molecule has 2 heteroatoms. The van der Waals surface area contributed by atoms with Gasteiger partial charge in [0.15, 0.2) is 0 Å². The number of hydrogen-bond acceptors (Lipinski definition) is 2. The second-order valence-corrected chi connectivity index (χ2v) is 7.29. The van der Waals surface area contributed by atoms with E-state index in [1.807, 2.05) is 0 Å². The van der Waals surface area contributed by atoms with Crippen molar-refractivity contribution in [2.45, 2.75) is 97.4 Å².